The van der Waals surface area contributed by atoms with Crippen LogP contribution in [0.5, 0.6) is 5.75 Å². The molecule has 0 amide bonds. The summed E-state index contributed by atoms with van der Waals surface area (Å²) < 4.78 is 31.6. The van der Waals surface area contributed by atoms with Gasteiger partial charge in [0.25, 0.3) is 0 Å². The Bertz CT molecular complexity index is 540. The molecule has 2 aromatic rings. The lowest BCUT2D eigenvalue weighted by Crippen LogP contribution is -2.18. The number of hydrogen-bond donors (Lipinski definition) is 1. The molecule has 0 aliphatic rings. The van der Waals surface area contributed by atoms with Gasteiger partial charge in [-0.1, -0.05) is 23.7 Å². The van der Waals surface area contributed by atoms with E-state index in [0.717, 1.165) is 23.8 Å². The predicted molar refractivity (Wildman–Crippen MR) is 70.2 cm³/mol. The molecule has 1 unspecified atom stereocenters. The van der Waals surface area contributed by atoms with E-state index in [0.29, 0.717) is 5.02 Å². The van der Waals surface area contributed by atoms with E-state index in [2.05, 4.69) is 0 Å². The Morgan fingerprint density at radius 3 is 2.16 bits per heavy atom. The third kappa shape index (κ3) is 3.66. The molecule has 19 heavy (non-hydrogen) atoms. The van der Waals surface area contributed by atoms with Crippen molar-refractivity contribution in [3.8, 4) is 5.75 Å². The van der Waals surface area contributed by atoms with Gasteiger partial charge in [0.05, 0.1) is 0 Å². The van der Waals surface area contributed by atoms with E-state index < -0.39 is 17.7 Å². The first-order chi connectivity index (χ1) is 9.08. The number of rotatable bonds is 4. The normalized spacial score (nSPS) is 12.2. The second kappa shape index (κ2) is 5.99. The van der Waals surface area contributed by atoms with Crippen molar-refractivity contribution in [3.05, 3.63) is 64.7 Å². The summed E-state index contributed by atoms with van der Waals surface area (Å²) in [4.78, 5) is 0. The van der Waals surface area contributed by atoms with Crippen molar-refractivity contribution in [3.63, 3.8) is 0 Å². The third-order valence-electron chi connectivity index (χ3n) is 2.57. The summed E-state index contributed by atoms with van der Waals surface area (Å²) >= 11 is 5.79. The van der Waals surface area contributed by atoms with Gasteiger partial charge in [-0.05, 0) is 17.7 Å². The number of hydrogen-bond acceptors (Lipinski definition) is 2. The Morgan fingerprint density at radius 1 is 1.05 bits per heavy atom. The Hall–Kier alpha value is -1.65. The van der Waals surface area contributed by atoms with E-state index in [1.807, 2.05) is 0 Å². The molecule has 5 heteroatoms. The molecule has 0 heterocycles. The molecular formula is C14H12ClF2NO. The van der Waals surface area contributed by atoms with Gasteiger partial charge in [0.2, 0.25) is 0 Å². The first-order valence-corrected chi connectivity index (χ1v) is 6.04. The predicted octanol–water partition coefficient (Wildman–Crippen LogP) is 3.70. The van der Waals surface area contributed by atoms with Crippen molar-refractivity contribution < 1.29 is 13.5 Å². The molecule has 100 valence electrons. The fraction of sp³-hybridized carbons (Fsp3) is 0.143. The van der Waals surface area contributed by atoms with Crippen molar-refractivity contribution >= 4 is 11.6 Å². The van der Waals surface area contributed by atoms with Crippen molar-refractivity contribution in [2.75, 3.05) is 6.54 Å². The zero-order valence-corrected chi connectivity index (χ0v) is 10.7. The smallest absolute Gasteiger partial charge is 0.136 e. The van der Waals surface area contributed by atoms with Gasteiger partial charge >= 0.3 is 0 Å². The van der Waals surface area contributed by atoms with Crippen molar-refractivity contribution in [1.82, 2.24) is 0 Å². The SMILES string of the molecule is NCC(Oc1cc(F)cc(F)c1)c1ccc(Cl)cc1. The highest BCUT2D eigenvalue weighted by atomic mass is 35.5. The minimum absolute atomic E-state index is 0.0999. The molecule has 0 radical (unpaired) electrons. The molecule has 0 aromatic heterocycles. The average Bonchev–Trinajstić information content (AvgIpc) is 2.36. The van der Waals surface area contributed by atoms with Crippen molar-refractivity contribution in [2.45, 2.75) is 6.10 Å². The molecule has 0 spiro atoms. The van der Waals surface area contributed by atoms with Crippen LogP contribution in [0.2, 0.25) is 5.02 Å². The van der Waals surface area contributed by atoms with E-state index in [1.54, 1.807) is 24.3 Å². The zero-order chi connectivity index (χ0) is 13.8. The summed E-state index contributed by atoms with van der Waals surface area (Å²) in [5.41, 5.74) is 6.41. The Kier molecular flexibility index (Phi) is 4.35. The summed E-state index contributed by atoms with van der Waals surface area (Å²) in [7, 11) is 0. The first-order valence-electron chi connectivity index (χ1n) is 5.67. The van der Waals surface area contributed by atoms with Gasteiger partial charge in [-0.25, -0.2) is 8.78 Å². The van der Waals surface area contributed by atoms with Gasteiger partial charge in [0.1, 0.15) is 23.5 Å². The quantitative estimate of drug-likeness (QED) is 0.929. The summed E-state index contributed by atoms with van der Waals surface area (Å²) in [6.07, 6.45) is -0.488. The highest BCUT2D eigenvalue weighted by Gasteiger charge is 2.12. The highest BCUT2D eigenvalue weighted by Crippen LogP contribution is 2.24. The zero-order valence-electron chi connectivity index (χ0n) is 9.95. The molecule has 0 bridgehead atoms. The van der Waals surface area contributed by atoms with E-state index >= 15 is 0 Å². The maximum Gasteiger partial charge on any atom is 0.136 e. The van der Waals surface area contributed by atoms with E-state index in [4.69, 9.17) is 22.1 Å². The maximum atomic E-state index is 13.1. The summed E-state index contributed by atoms with van der Waals surface area (Å²) in [6.45, 7) is 0.180. The minimum Gasteiger partial charge on any atom is -0.484 e. The van der Waals surface area contributed by atoms with Crippen LogP contribution in [0.25, 0.3) is 0 Å². The lowest BCUT2D eigenvalue weighted by Gasteiger charge is -2.18. The summed E-state index contributed by atoms with van der Waals surface area (Å²) in [6, 6.07) is 9.94. The van der Waals surface area contributed by atoms with E-state index in [1.165, 1.54) is 0 Å². The molecule has 0 aliphatic carbocycles. The molecule has 0 fully saturated rings. The van der Waals surface area contributed by atoms with Crippen LogP contribution in [0, 0.1) is 11.6 Å². The molecule has 2 aromatic carbocycles. The number of nitrogens with two attached hydrogens (primary N) is 1. The van der Waals surface area contributed by atoms with E-state index in [9.17, 15) is 8.78 Å². The highest BCUT2D eigenvalue weighted by molar-refractivity contribution is 6.30. The van der Waals surface area contributed by atoms with Gasteiger partial charge in [0.15, 0.2) is 0 Å². The number of benzene rings is 2. The topological polar surface area (TPSA) is 35.2 Å². The fourth-order valence-corrected chi connectivity index (χ4v) is 1.82. The van der Waals surface area contributed by atoms with Crippen LogP contribution in [0.1, 0.15) is 11.7 Å². The third-order valence-corrected chi connectivity index (χ3v) is 2.82. The lowest BCUT2D eigenvalue weighted by molar-refractivity contribution is 0.212. The molecule has 2 rings (SSSR count). The fourth-order valence-electron chi connectivity index (χ4n) is 1.69. The van der Waals surface area contributed by atoms with Crippen molar-refractivity contribution in [2.24, 2.45) is 5.73 Å². The second-order valence-corrected chi connectivity index (χ2v) is 4.44. The Morgan fingerprint density at radius 2 is 1.63 bits per heavy atom. The largest absolute Gasteiger partial charge is 0.484 e. The lowest BCUT2D eigenvalue weighted by atomic mass is 10.1. The second-order valence-electron chi connectivity index (χ2n) is 4.00. The monoisotopic (exact) mass is 283 g/mol. The molecule has 0 saturated carbocycles. The van der Waals surface area contributed by atoms with Crippen molar-refractivity contribution in [1.29, 1.82) is 0 Å². The van der Waals surface area contributed by atoms with Gasteiger partial charge in [-0.15, -0.1) is 0 Å². The van der Waals surface area contributed by atoms with Crippen LogP contribution < -0.4 is 10.5 Å². The van der Waals surface area contributed by atoms with Crippen LogP contribution in [-0.4, -0.2) is 6.54 Å². The Labute approximate surface area is 114 Å². The van der Waals surface area contributed by atoms with E-state index in [-0.39, 0.29) is 12.3 Å². The number of halogens is 3. The van der Waals surface area contributed by atoms with Crippen LogP contribution in [0.3, 0.4) is 0 Å². The van der Waals surface area contributed by atoms with Crippen LogP contribution in [-0.2, 0) is 0 Å². The summed E-state index contributed by atoms with van der Waals surface area (Å²) in [5.74, 6) is -1.29. The molecule has 0 saturated heterocycles. The van der Waals surface area contributed by atoms with Gasteiger partial charge in [-0.3, -0.25) is 0 Å². The summed E-state index contributed by atoms with van der Waals surface area (Å²) in [5, 5.41) is 0.594. The average molecular weight is 284 g/mol. The van der Waals surface area contributed by atoms with Crippen LogP contribution >= 0.6 is 11.6 Å². The van der Waals surface area contributed by atoms with Gasteiger partial charge in [-0.2, -0.15) is 0 Å². The Balaban J connectivity index is 2.21. The molecule has 2 nitrogen and oxygen atoms in total. The standard InChI is InChI=1S/C14H12ClF2NO/c15-10-3-1-9(2-4-10)14(8-18)19-13-6-11(16)5-12(17)7-13/h1-7,14H,8,18H2. The van der Waals surface area contributed by atoms with Gasteiger partial charge < -0.3 is 10.5 Å². The van der Waals surface area contributed by atoms with Crippen LogP contribution in [0.15, 0.2) is 42.5 Å². The minimum atomic E-state index is -0.693. The molecule has 2 N–H and O–H groups in total. The number of ether oxygens (including phenoxy) is 1. The van der Waals surface area contributed by atoms with Crippen LogP contribution in [0.4, 0.5) is 8.78 Å². The maximum absolute atomic E-state index is 13.1. The molecule has 0 aliphatic heterocycles. The van der Waals surface area contributed by atoms with Gasteiger partial charge in [0, 0.05) is 29.8 Å². The molecule has 1 atom stereocenters. The first kappa shape index (κ1) is 13.8. The molecular weight excluding hydrogens is 272 g/mol.